The molecule has 1 rings (SSSR count). The molecule has 0 spiro atoms. The summed E-state index contributed by atoms with van der Waals surface area (Å²) in [6, 6.07) is 1.82. The lowest BCUT2D eigenvalue weighted by Gasteiger charge is -2.00. The van der Waals surface area contributed by atoms with Crippen molar-refractivity contribution in [2.75, 3.05) is 6.54 Å². The predicted molar refractivity (Wildman–Crippen MR) is 66.2 cm³/mol. The van der Waals surface area contributed by atoms with E-state index in [0.717, 1.165) is 2.88 Å². The lowest BCUT2D eigenvalue weighted by molar-refractivity contribution is 0.0960. The third-order valence-corrected chi connectivity index (χ3v) is 3.19. The smallest absolute Gasteiger partial charge is 0.252 e. The average Bonchev–Trinajstić information content (AvgIpc) is 2.47. The Kier molecular flexibility index (Phi) is 4.07. The average molecular weight is 326 g/mol. The lowest BCUT2D eigenvalue weighted by atomic mass is 10.3. The Morgan fingerprint density at radius 1 is 1.77 bits per heavy atom. The summed E-state index contributed by atoms with van der Waals surface area (Å²) in [7, 11) is 0. The van der Waals surface area contributed by atoms with Crippen molar-refractivity contribution in [3.05, 3.63) is 19.9 Å². The van der Waals surface area contributed by atoms with E-state index in [9.17, 15) is 4.79 Å². The van der Waals surface area contributed by atoms with E-state index in [-0.39, 0.29) is 12.5 Å². The first-order chi connectivity index (χ1) is 6.09. The molecule has 13 heavy (non-hydrogen) atoms. The molecule has 0 aliphatic carbocycles. The Balaban J connectivity index is 2.54. The Hall–Kier alpha value is -0.210. The van der Waals surface area contributed by atoms with Crippen LogP contribution in [0, 0.1) is 2.88 Å². The first-order valence-electron chi connectivity index (χ1n) is 3.40. The number of thiocarbonyl (C=S) groups is 1. The molecule has 0 atom stereocenters. The second-order valence-corrected chi connectivity index (χ2v) is 5.62. The van der Waals surface area contributed by atoms with Crippen LogP contribution >= 0.6 is 46.1 Å². The second-order valence-electron chi connectivity index (χ2n) is 2.29. The molecule has 3 nitrogen and oxygen atoms in total. The summed E-state index contributed by atoms with van der Waals surface area (Å²) in [6.07, 6.45) is 0. The van der Waals surface area contributed by atoms with Crippen LogP contribution in [0.2, 0.25) is 0 Å². The fraction of sp³-hybridized carbons (Fsp3) is 0.143. The van der Waals surface area contributed by atoms with E-state index < -0.39 is 0 Å². The molecule has 0 aliphatic heterocycles. The number of nitrogens with one attached hydrogen (secondary N) is 1. The molecule has 0 saturated carbocycles. The van der Waals surface area contributed by atoms with Gasteiger partial charge in [-0.1, -0.05) is 12.2 Å². The zero-order valence-electron chi connectivity index (χ0n) is 6.54. The third-order valence-electron chi connectivity index (χ3n) is 1.25. The maximum Gasteiger partial charge on any atom is 0.252 e. The standard InChI is InChI=1S/C7H7IN2OS2/c8-5-1-4(3-13-5)7(11)10-2-6(9)12/h1,3H,2H2,(H2,9,12)(H,10,11). The van der Waals surface area contributed by atoms with E-state index in [4.69, 9.17) is 5.73 Å². The van der Waals surface area contributed by atoms with Crippen molar-refractivity contribution in [2.24, 2.45) is 5.73 Å². The van der Waals surface area contributed by atoms with Crippen molar-refractivity contribution in [2.45, 2.75) is 0 Å². The maximum atomic E-state index is 11.3. The summed E-state index contributed by atoms with van der Waals surface area (Å²) < 4.78 is 1.08. The molecule has 1 aromatic rings. The molecule has 1 amide bonds. The lowest BCUT2D eigenvalue weighted by Crippen LogP contribution is -2.31. The second kappa shape index (κ2) is 4.87. The monoisotopic (exact) mass is 326 g/mol. The van der Waals surface area contributed by atoms with Crippen molar-refractivity contribution in [3.63, 3.8) is 0 Å². The minimum absolute atomic E-state index is 0.132. The number of halogens is 1. The first-order valence-corrected chi connectivity index (χ1v) is 5.77. The molecule has 0 fully saturated rings. The van der Waals surface area contributed by atoms with Gasteiger partial charge in [0.1, 0.15) is 0 Å². The topological polar surface area (TPSA) is 55.1 Å². The zero-order chi connectivity index (χ0) is 9.84. The van der Waals surface area contributed by atoms with Crippen molar-refractivity contribution >= 4 is 57.0 Å². The normalized spacial score (nSPS) is 9.62. The van der Waals surface area contributed by atoms with Crippen LogP contribution in [0.5, 0.6) is 0 Å². The number of hydrogen-bond acceptors (Lipinski definition) is 3. The van der Waals surface area contributed by atoms with Gasteiger partial charge in [-0.25, -0.2) is 0 Å². The van der Waals surface area contributed by atoms with Gasteiger partial charge in [0.2, 0.25) is 0 Å². The molecule has 3 N–H and O–H groups in total. The van der Waals surface area contributed by atoms with Crippen LogP contribution in [0.4, 0.5) is 0 Å². The fourth-order valence-electron chi connectivity index (χ4n) is 0.699. The summed E-state index contributed by atoms with van der Waals surface area (Å²) in [6.45, 7) is 0.251. The van der Waals surface area contributed by atoms with Crippen molar-refractivity contribution in [1.29, 1.82) is 0 Å². The minimum Gasteiger partial charge on any atom is -0.392 e. The summed E-state index contributed by atoms with van der Waals surface area (Å²) in [5.41, 5.74) is 5.90. The molecule has 1 aromatic heterocycles. The van der Waals surface area contributed by atoms with Gasteiger partial charge in [0.25, 0.3) is 5.91 Å². The van der Waals surface area contributed by atoms with Crippen molar-refractivity contribution in [3.8, 4) is 0 Å². The number of amides is 1. The van der Waals surface area contributed by atoms with Crippen LogP contribution in [-0.4, -0.2) is 17.4 Å². The Labute approximate surface area is 98.8 Å². The minimum atomic E-state index is -0.132. The van der Waals surface area contributed by atoms with Gasteiger partial charge >= 0.3 is 0 Å². The molecular weight excluding hydrogens is 319 g/mol. The Morgan fingerprint density at radius 3 is 2.92 bits per heavy atom. The molecule has 1 heterocycles. The van der Waals surface area contributed by atoms with Crippen LogP contribution < -0.4 is 11.1 Å². The van der Waals surface area contributed by atoms with Gasteiger partial charge in [-0.2, -0.15) is 0 Å². The summed E-state index contributed by atoms with van der Waals surface area (Å²) in [5.74, 6) is -0.132. The van der Waals surface area contributed by atoms with Gasteiger partial charge in [-0.15, -0.1) is 11.3 Å². The van der Waals surface area contributed by atoms with Gasteiger partial charge in [-0.3, -0.25) is 4.79 Å². The highest BCUT2D eigenvalue weighted by Gasteiger charge is 2.06. The van der Waals surface area contributed by atoms with Crippen molar-refractivity contribution < 1.29 is 4.79 Å². The van der Waals surface area contributed by atoms with E-state index in [0.29, 0.717) is 10.6 Å². The molecule has 0 aromatic carbocycles. The number of carbonyl (C=O) groups excluding carboxylic acids is 1. The number of carbonyl (C=O) groups is 1. The fourth-order valence-corrected chi connectivity index (χ4v) is 2.10. The number of hydrogen-bond donors (Lipinski definition) is 2. The molecular formula is C7H7IN2OS2. The maximum absolute atomic E-state index is 11.3. The van der Waals surface area contributed by atoms with E-state index >= 15 is 0 Å². The van der Waals surface area contributed by atoms with Gasteiger partial charge in [0, 0.05) is 5.38 Å². The van der Waals surface area contributed by atoms with E-state index in [1.165, 1.54) is 11.3 Å². The van der Waals surface area contributed by atoms with E-state index in [2.05, 4.69) is 40.1 Å². The molecule has 70 valence electrons. The highest BCUT2D eigenvalue weighted by molar-refractivity contribution is 14.1. The van der Waals surface area contributed by atoms with Crippen LogP contribution in [-0.2, 0) is 0 Å². The first kappa shape index (κ1) is 10.9. The molecule has 0 bridgehead atoms. The molecule has 0 radical (unpaired) electrons. The zero-order valence-corrected chi connectivity index (χ0v) is 10.3. The highest BCUT2D eigenvalue weighted by atomic mass is 127. The van der Waals surface area contributed by atoms with Gasteiger partial charge in [0.05, 0.1) is 20.0 Å². The van der Waals surface area contributed by atoms with Gasteiger partial charge < -0.3 is 11.1 Å². The molecule has 6 heteroatoms. The molecule has 0 aliphatic rings. The number of thiophene rings is 1. The summed E-state index contributed by atoms with van der Waals surface area (Å²) in [4.78, 5) is 11.6. The third kappa shape index (κ3) is 3.57. The molecule has 0 unspecified atom stereocenters. The van der Waals surface area contributed by atoms with E-state index in [1.807, 2.05) is 6.07 Å². The SMILES string of the molecule is NC(=S)CNC(=O)c1csc(I)c1. The highest BCUT2D eigenvalue weighted by Crippen LogP contribution is 2.16. The van der Waals surface area contributed by atoms with Gasteiger partial charge in [0.15, 0.2) is 0 Å². The van der Waals surface area contributed by atoms with E-state index in [1.54, 1.807) is 5.38 Å². The molecule has 0 saturated heterocycles. The Morgan fingerprint density at radius 2 is 2.46 bits per heavy atom. The summed E-state index contributed by atoms with van der Waals surface area (Å²) in [5, 5.41) is 4.41. The van der Waals surface area contributed by atoms with Crippen LogP contribution in [0.1, 0.15) is 10.4 Å². The van der Waals surface area contributed by atoms with Gasteiger partial charge in [-0.05, 0) is 28.7 Å². The Bertz CT molecular complexity index is 337. The predicted octanol–water partition coefficient (Wildman–Crippen LogP) is 1.37. The van der Waals surface area contributed by atoms with Crippen LogP contribution in [0.3, 0.4) is 0 Å². The van der Waals surface area contributed by atoms with Crippen molar-refractivity contribution in [1.82, 2.24) is 5.32 Å². The van der Waals surface area contributed by atoms with Crippen LogP contribution in [0.15, 0.2) is 11.4 Å². The number of nitrogens with two attached hydrogens (primary N) is 1. The number of rotatable bonds is 3. The van der Waals surface area contributed by atoms with Crippen LogP contribution in [0.25, 0.3) is 0 Å². The summed E-state index contributed by atoms with van der Waals surface area (Å²) >= 11 is 8.33. The largest absolute Gasteiger partial charge is 0.392 e. The quantitative estimate of drug-likeness (QED) is 0.652.